The summed E-state index contributed by atoms with van der Waals surface area (Å²) in [6.45, 7) is 0. The molecular formula is C7H9BrN2O. The number of hydrogen-bond acceptors (Lipinski definition) is 2. The fourth-order valence-corrected chi connectivity index (χ4v) is 0.667. The molecule has 3 nitrogen and oxygen atoms in total. The van der Waals surface area contributed by atoms with Crippen molar-refractivity contribution < 1.29 is 5.21 Å². The first-order chi connectivity index (χ1) is 4.84. The van der Waals surface area contributed by atoms with Crippen LogP contribution in [0.3, 0.4) is 0 Å². The lowest BCUT2D eigenvalue weighted by molar-refractivity contribution is 0.318. The first-order valence-corrected chi connectivity index (χ1v) is 2.87. The van der Waals surface area contributed by atoms with Gasteiger partial charge in [0, 0.05) is 5.56 Å². The number of benzene rings is 1. The van der Waals surface area contributed by atoms with E-state index in [1.54, 1.807) is 12.1 Å². The van der Waals surface area contributed by atoms with Gasteiger partial charge < -0.3 is 10.9 Å². The Morgan fingerprint density at radius 1 is 1.27 bits per heavy atom. The van der Waals surface area contributed by atoms with Crippen molar-refractivity contribution in [2.24, 2.45) is 10.9 Å². The van der Waals surface area contributed by atoms with E-state index >= 15 is 0 Å². The van der Waals surface area contributed by atoms with Gasteiger partial charge in [0.05, 0.1) is 0 Å². The van der Waals surface area contributed by atoms with Gasteiger partial charge in [-0.05, 0) is 0 Å². The van der Waals surface area contributed by atoms with E-state index in [4.69, 9.17) is 10.9 Å². The molecule has 0 bridgehead atoms. The van der Waals surface area contributed by atoms with Gasteiger partial charge >= 0.3 is 0 Å². The van der Waals surface area contributed by atoms with Gasteiger partial charge in [0.25, 0.3) is 0 Å². The molecule has 0 amide bonds. The number of nitrogens with zero attached hydrogens (tertiary/aromatic N) is 1. The van der Waals surface area contributed by atoms with Crippen molar-refractivity contribution in [1.82, 2.24) is 0 Å². The molecule has 0 fully saturated rings. The third-order valence-electron chi connectivity index (χ3n) is 1.18. The van der Waals surface area contributed by atoms with Crippen LogP contribution < -0.4 is 5.73 Å². The maximum atomic E-state index is 8.25. The van der Waals surface area contributed by atoms with E-state index in [0.717, 1.165) is 5.56 Å². The Bertz CT molecular complexity index is 235. The van der Waals surface area contributed by atoms with Crippen molar-refractivity contribution in [3.63, 3.8) is 0 Å². The van der Waals surface area contributed by atoms with Crippen molar-refractivity contribution >= 4 is 22.8 Å². The van der Waals surface area contributed by atoms with Crippen LogP contribution in [0.4, 0.5) is 0 Å². The molecule has 60 valence electrons. The topological polar surface area (TPSA) is 58.6 Å². The lowest BCUT2D eigenvalue weighted by atomic mass is 10.2. The third kappa shape index (κ3) is 2.59. The molecule has 0 radical (unpaired) electrons. The third-order valence-corrected chi connectivity index (χ3v) is 1.18. The second-order valence-corrected chi connectivity index (χ2v) is 1.85. The highest BCUT2D eigenvalue weighted by atomic mass is 79.9. The van der Waals surface area contributed by atoms with Gasteiger partial charge in [-0.1, -0.05) is 35.5 Å². The van der Waals surface area contributed by atoms with E-state index in [2.05, 4.69) is 5.16 Å². The molecule has 0 aromatic heterocycles. The average molecular weight is 217 g/mol. The SMILES string of the molecule is Br.N/C(=N\O)c1ccccc1. The van der Waals surface area contributed by atoms with Crippen molar-refractivity contribution in [2.45, 2.75) is 0 Å². The van der Waals surface area contributed by atoms with Crippen LogP contribution in [0.1, 0.15) is 5.56 Å². The Balaban J connectivity index is 0.000001000. The van der Waals surface area contributed by atoms with Gasteiger partial charge in [-0.2, -0.15) is 0 Å². The minimum absolute atomic E-state index is 0. The van der Waals surface area contributed by atoms with Crippen molar-refractivity contribution in [3.05, 3.63) is 35.9 Å². The fourth-order valence-electron chi connectivity index (χ4n) is 0.667. The van der Waals surface area contributed by atoms with E-state index in [1.165, 1.54) is 0 Å². The quantitative estimate of drug-likeness (QED) is 0.323. The Morgan fingerprint density at radius 3 is 2.27 bits per heavy atom. The van der Waals surface area contributed by atoms with E-state index in [1.807, 2.05) is 18.2 Å². The van der Waals surface area contributed by atoms with Crippen molar-refractivity contribution in [2.75, 3.05) is 0 Å². The molecule has 0 saturated heterocycles. The largest absolute Gasteiger partial charge is 0.409 e. The van der Waals surface area contributed by atoms with Gasteiger partial charge in [-0.3, -0.25) is 0 Å². The summed E-state index contributed by atoms with van der Waals surface area (Å²) in [5.41, 5.74) is 6.02. The molecule has 0 unspecified atom stereocenters. The van der Waals surface area contributed by atoms with Crippen molar-refractivity contribution in [1.29, 1.82) is 0 Å². The van der Waals surface area contributed by atoms with Crippen molar-refractivity contribution in [3.8, 4) is 0 Å². The molecule has 0 heterocycles. The van der Waals surface area contributed by atoms with E-state index < -0.39 is 0 Å². The molecule has 0 aliphatic heterocycles. The zero-order chi connectivity index (χ0) is 7.40. The highest BCUT2D eigenvalue weighted by Gasteiger charge is 1.93. The molecule has 0 saturated carbocycles. The predicted octanol–water partition coefficient (Wildman–Crippen LogP) is 1.36. The first kappa shape index (κ1) is 9.97. The minimum atomic E-state index is 0. The summed E-state index contributed by atoms with van der Waals surface area (Å²) in [5, 5.41) is 11.1. The molecule has 1 aromatic carbocycles. The molecule has 0 atom stereocenters. The highest BCUT2D eigenvalue weighted by molar-refractivity contribution is 8.93. The molecule has 0 aliphatic carbocycles. The Kier molecular flexibility index (Phi) is 4.29. The van der Waals surface area contributed by atoms with Crippen LogP contribution in [0.2, 0.25) is 0 Å². The molecule has 3 N–H and O–H groups in total. The number of hydrogen-bond donors (Lipinski definition) is 2. The highest BCUT2D eigenvalue weighted by Crippen LogP contribution is 1.96. The first-order valence-electron chi connectivity index (χ1n) is 2.87. The summed E-state index contributed by atoms with van der Waals surface area (Å²) in [4.78, 5) is 0. The number of nitrogens with two attached hydrogens (primary N) is 1. The summed E-state index contributed by atoms with van der Waals surface area (Å²) in [7, 11) is 0. The average Bonchev–Trinajstić information content (AvgIpc) is 2.05. The zero-order valence-electron chi connectivity index (χ0n) is 5.77. The normalized spacial score (nSPS) is 10.4. The zero-order valence-corrected chi connectivity index (χ0v) is 7.48. The van der Waals surface area contributed by atoms with E-state index in [-0.39, 0.29) is 22.8 Å². The molecule has 0 spiro atoms. The van der Waals surface area contributed by atoms with Gasteiger partial charge in [0.1, 0.15) is 0 Å². The maximum Gasteiger partial charge on any atom is 0.170 e. The smallest absolute Gasteiger partial charge is 0.170 e. The van der Waals surface area contributed by atoms with E-state index in [0.29, 0.717) is 0 Å². The monoisotopic (exact) mass is 216 g/mol. The predicted molar refractivity (Wildman–Crippen MR) is 49.3 cm³/mol. The molecule has 11 heavy (non-hydrogen) atoms. The summed E-state index contributed by atoms with van der Waals surface area (Å²) in [6.07, 6.45) is 0. The van der Waals surface area contributed by atoms with Crippen LogP contribution in [-0.2, 0) is 0 Å². The van der Waals surface area contributed by atoms with E-state index in [9.17, 15) is 0 Å². The number of oxime groups is 1. The molecule has 1 rings (SSSR count). The van der Waals surface area contributed by atoms with Crippen LogP contribution in [-0.4, -0.2) is 11.0 Å². The van der Waals surface area contributed by atoms with Crippen LogP contribution >= 0.6 is 17.0 Å². The fraction of sp³-hybridized carbons (Fsp3) is 0. The maximum absolute atomic E-state index is 8.25. The van der Waals surface area contributed by atoms with Crippen LogP contribution in [0.25, 0.3) is 0 Å². The van der Waals surface area contributed by atoms with Crippen LogP contribution in [0.15, 0.2) is 35.5 Å². The summed E-state index contributed by atoms with van der Waals surface area (Å²) in [6, 6.07) is 9.07. The molecular weight excluding hydrogens is 208 g/mol. The lowest BCUT2D eigenvalue weighted by Crippen LogP contribution is -2.12. The number of halogens is 1. The van der Waals surface area contributed by atoms with Gasteiger partial charge in [-0.15, -0.1) is 17.0 Å². The van der Waals surface area contributed by atoms with Gasteiger partial charge in [0.15, 0.2) is 5.84 Å². The summed E-state index contributed by atoms with van der Waals surface area (Å²) >= 11 is 0. The summed E-state index contributed by atoms with van der Waals surface area (Å²) in [5.74, 6) is 0.139. The summed E-state index contributed by atoms with van der Waals surface area (Å²) < 4.78 is 0. The number of amidine groups is 1. The van der Waals surface area contributed by atoms with Gasteiger partial charge in [-0.25, -0.2) is 0 Å². The standard InChI is InChI=1S/C7H8N2O.BrH/c8-7(9-10)6-4-2-1-3-5-6;/h1-5,10H,(H2,8,9);1H. The second-order valence-electron chi connectivity index (χ2n) is 1.85. The molecule has 0 aliphatic rings. The Hall–Kier alpha value is -1.03. The van der Waals surface area contributed by atoms with Gasteiger partial charge in [0.2, 0.25) is 0 Å². The second kappa shape index (κ2) is 4.73. The van der Waals surface area contributed by atoms with Crippen LogP contribution in [0.5, 0.6) is 0 Å². The lowest BCUT2D eigenvalue weighted by Gasteiger charge is -1.94. The molecule has 4 heteroatoms. The Labute approximate surface area is 75.3 Å². The van der Waals surface area contributed by atoms with Crippen LogP contribution in [0, 0.1) is 0 Å². The number of rotatable bonds is 1. The Morgan fingerprint density at radius 2 is 1.82 bits per heavy atom. The molecule has 1 aromatic rings. The minimum Gasteiger partial charge on any atom is -0.409 e.